The summed E-state index contributed by atoms with van der Waals surface area (Å²) < 4.78 is 2.62. The van der Waals surface area contributed by atoms with Crippen molar-refractivity contribution in [3.63, 3.8) is 0 Å². The minimum Gasteiger partial charge on any atom is -0.310 e. The molecule has 2 heteroatoms. The van der Waals surface area contributed by atoms with Crippen molar-refractivity contribution in [3.05, 3.63) is 164 Å². The van der Waals surface area contributed by atoms with Gasteiger partial charge in [0.05, 0.1) is 5.69 Å². The highest BCUT2D eigenvalue weighted by Crippen LogP contribution is 2.45. The number of para-hydroxylation sites is 1. The Labute approximate surface area is 259 Å². The highest BCUT2D eigenvalue weighted by atomic mass is 32.1. The van der Waals surface area contributed by atoms with E-state index in [1.165, 1.54) is 69.3 Å². The Morgan fingerprint density at radius 2 is 1.02 bits per heavy atom. The summed E-state index contributed by atoms with van der Waals surface area (Å²) >= 11 is 1.86. The molecule has 44 heavy (non-hydrogen) atoms. The Morgan fingerprint density at radius 3 is 1.91 bits per heavy atom. The molecule has 0 aliphatic rings. The Hall–Kier alpha value is -5.44. The largest absolute Gasteiger partial charge is 0.310 e. The van der Waals surface area contributed by atoms with E-state index < -0.39 is 0 Å². The molecule has 206 valence electrons. The van der Waals surface area contributed by atoms with Gasteiger partial charge in [-0.05, 0) is 85.9 Å². The number of benzene rings is 8. The summed E-state index contributed by atoms with van der Waals surface area (Å²) in [5.74, 6) is 0. The highest BCUT2D eigenvalue weighted by Gasteiger charge is 2.18. The Kier molecular flexibility index (Phi) is 5.75. The molecule has 0 saturated carbocycles. The Balaban J connectivity index is 1.22. The topological polar surface area (TPSA) is 3.24 Å². The van der Waals surface area contributed by atoms with Gasteiger partial charge in [0.1, 0.15) is 0 Å². The second-order valence-electron chi connectivity index (χ2n) is 11.3. The number of hydrogen-bond acceptors (Lipinski definition) is 2. The zero-order valence-corrected chi connectivity index (χ0v) is 24.8. The maximum Gasteiger partial charge on any atom is 0.0554 e. The Morgan fingerprint density at radius 1 is 0.364 bits per heavy atom. The van der Waals surface area contributed by atoms with Crippen molar-refractivity contribution in [2.45, 2.75) is 0 Å². The van der Waals surface area contributed by atoms with Gasteiger partial charge in [-0.1, -0.05) is 121 Å². The van der Waals surface area contributed by atoms with Crippen LogP contribution in [0.25, 0.3) is 63.6 Å². The first-order valence-corrected chi connectivity index (χ1v) is 15.8. The van der Waals surface area contributed by atoms with Gasteiger partial charge in [0.15, 0.2) is 0 Å². The lowest BCUT2D eigenvalue weighted by molar-refractivity contribution is 1.30. The predicted molar refractivity (Wildman–Crippen MR) is 192 cm³/mol. The minimum atomic E-state index is 1.14. The maximum absolute atomic E-state index is 2.40. The third kappa shape index (κ3) is 3.92. The molecule has 0 spiro atoms. The van der Waals surface area contributed by atoms with Crippen molar-refractivity contribution in [2.75, 3.05) is 4.90 Å². The second kappa shape index (κ2) is 10.1. The smallest absolute Gasteiger partial charge is 0.0554 e. The van der Waals surface area contributed by atoms with Crippen LogP contribution >= 0.6 is 11.3 Å². The molecule has 1 aromatic heterocycles. The lowest BCUT2D eigenvalue weighted by atomic mass is 9.92. The summed E-state index contributed by atoms with van der Waals surface area (Å²) in [6, 6.07) is 59.7. The van der Waals surface area contributed by atoms with Gasteiger partial charge in [0, 0.05) is 31.5 Å². The third-order valence-corrected chi connectivity index (χ3v) is 9.97. The lowest BCUT2D eigenvalue weighted by Crippen LogP contribution is -2.10. The molecule has 1 nitrogen and oxygen atoms in total. The van der Waals surface area contributed by atoms with Crippen molar-refractivity contribution in [1.29, 1.82) is 0 Å². The summed E-state index contributed by atoms with van der Waals surface area (Å²) in [5.41, 5.74) is 5.94. The molecule has 0 aliphatic heterocycles. The predicted octanol–water partition coefficient (Wildman–Crippen LogP) is 12.7. The number of thiophene rings is 1. The molecule has 9 rings (SSSR count). The lowest BCUT2D eigenvalue weighted by Gasteiger charge is -2.26. The summed E-state index contributed by atoms with van der Waals surface area (Å²) in [6.45, 7) is 0. The van der Waals surface area contributed by atoms with Gasteiger partial charge in [-0.15, -0.1) is 11.3 Å². The quantitative estimate of drug-likeness (QED) is 0.188. The third-order valence-electron chi connectivity index (χ3n) is 8.84. The average molecular weight is 578 g/mol. The van der Waals surface area contributed by atoms with E-state index in [0.29, 0.717) is 0 Å². The van der Waals surface area contributed by atoms with Crippen molar-refractivity contribution < 1.29 is 0 Å². The zero-order chi connectivity index (χ0) is 29.0. The first-order chi connectivity index (χ1) is 21.8. The van der Waals surface area contributed by atoms with Gasteiger partial charge in [0.2, 0.25) is 0 Å². The summed E-state index contributed by atoms with van der Waals surface area (Å²) in [4.78, 5) is 2.40. The molecule has 0 radical (unpaired) electrons. The number of fused-ring (bicyclic) bond motifs is 8. The van der Waals surface area contributed by atoms with Crippen LogP contribution in [0.1, 0.15) is 0 Å². The number of rotatable bonds is 4. The average Bonchev–Trinajstić information content (AvgIpc) is 3.48. The molecule has 0 aliphatic carbocycles. The van der Waals surface area contributed by atoms with Crippen LogP contribution in [0.2, 0.25) is 0 Å². The second-order valence-corrected chi connectivity index (χ2v) is 12.4. The van der Waals surface area contributed by atoms with Gasteiger partial charge >= 0.3 is 0 Å². The number of hydrogen-bond donors (Lipinski definition) is 0. The van der Waals surface area contributed by atoms with Crippen LogP contribution in [0.5, 0.6) is 0 Å². The minimum absolute atomic E-state index is 1.14. The molecule has 0 amide bonds. The molecular weight excluding hydrogens is 551 g/mol. The van der Waals surface area contributed by atoms with Crippen LogP contribution in [0.15, 0.2) is 164 Å². The van der Waals surface area contributed by atoms with E-state index in [2.05, 4.69) is 169 Å². The number of anilines is 3. The van der Waals surface area contributed by atoms with Crippen molar-refractivity contribution in [3.8, 4) is 11.1 Å². The van der Waals surface area contributed by atoms with Crippen LogP contribution in [0, 0.1) is 0 Å². The molecule has 0 bridgehead atoms. The van der Waals surface area contributed by atoms with E-state index in [1.807, 2.05) is 11.3 Å². The maximum atomic E-state index is 2.40. The molecule has 0 N–H and O–H groups in total. The molecule has 0 atom stereocenters. The van der Waals surface area contributed by atoms with Crippen LogP contribution in [0.3, 0.4) is 0 Å². The van der Waals surface area contributed by atoms with Gasteiger partial charge in [-0.25, -0.2) is 0 Å². The van der Waals surface area contributed by atoms with Crippen molar-refractivity contribution in [1.82, 2.24) is 0 Å². The molecule has 9 aromatic rings. The first kappa shape index (κ1) is 25.1. The highest BCUT2D eigenvalue weighted by molar-refractivity contribution is 7.26. The fourth-order valence-electron chi connectivity index (χ4n) is 6.85. The molecule has 0 saturated heterocycles. The van der Waals surface area contributed by atoms with Crippen LogP contribution in [0.4, 0.5) is 17.1 Å². The molecular formula is C42H27NS. The van der Waals surface area contributed by atoms with E-state index in [0.717, 1.165) is 11.4 Å². The van der Waals surface area contributed by atoms with Gasteiger partial charge in [-0.3, -0.25) is 0 Å². The monoisotopic (exact) mass is 577 g/mol. The van der Waals surface area contributed by atoms with Crippen LogP contribution < -0.4 is 4.90 Å². The normalized spacial score (nSPS) is 11.6. The van der Waals surface area contributed by atoms with Crippen LogP contribution in [-0.2, 0) is 0 Å². The van der Waals surface area contributed by atoms with E-state index in [9.17, 15) is 0 Å². The summed E-state index contributed by atoms with van der Waals surface area (Å²) in [6.07, 6.45) is 0. The zero-order valence-electron chi connectivity index (χ0n) is 23.9. The van der Waals surface area contributed by atoms with Crippen molar-refractivity contribution in [2.24, 2.45) is 0 Å². The van der Waals surface area contributed by atoms with E-state index in [4.69, 9.17) is 0 Å². The molecule has 0 fully saturated rings. The summed E-state index contributed by atoms with van der Waals surface area (Å²) in [5, 5.41) is 10.3. The van der Waals surface area contributed by atoms with E-state index in [1.54, 1.807) is 0 Å². The van der Waals surface area contributed by atoms with E-state index in [-0.39, 0.29) is 0 Å². The SMILES string of the molecule is c1ccc(N(c2ccc(-c3cccc4c3ccc3ccc5ccccc5c34)cc2)c2cccc3sc4ccccc4c23)cc1. The fourth-order valence-corrected chi connectivity index (χ4v) is 7.98. The van der Waals surface area contributed by atoms with Crippen molar-refractivity contribution >= 4 is 80.9 Å². The summed E-state index contributed by atoms with van der Waals surface area (Å²) in [7, 11) is 0. The van der Waals surface area contributed by atoms with Gasteiger partial charge in [0.25, 0.3) is 0 Å². The van der Waals surface area contributed by atoms with Gasteiger partial charge < -0.3 is 4.90 Å². The number of nitrogens with zero attached hydrogens (tertiary/aromatic N) is 1. The van der Waals surface area contributed by atoms with Gasteiger partial charge in [-0.2, -0.15) is 0 Å². The Bertz CT molecular complexity index is 2490. The molecule has 8 aromatic carbocycles. The fraction of sp³-hybridized carbons (Fsp3) is 0. The molecule has 0 unspecified atom stereocenters. The standard InChI is InChI=1S/C42H27NS/c1-2-11-31(12-3-1)43(38-17-9-19-40-42(38)37-14-6-7-18-39(37)44-40)32-25-22-29(23-26-32)33-15-8-16-36-35(33)27-24-30-21-20-28-10-4-5-13-34(28)41(30)36/h1-27H. The van der Waals surface area contributed by atoms with Crippen LogP contribution in [-0.4, -0.2) is 0 Å². The van der Waals surface area contributed by atoms with E-state index >= 15 is 0 Å². The first-order valence-electron chi connectivity index (χ1n) is 15.0. The molecule has 1 heterocycles.